The molecule has 0 unspecified atom stereocenters. The van der Waals surface area contributed by atoms with Gasteiger partial charge in [0.25, 0.3) is 0 Å². The third kappa shape index (κ3) is 5.83. The molecule has 4 nitrogen and oxygen atoms in total. The standard InChI is InChI=1S/C18H21ClN2O2/c1-2-21(14-15-6-4-3-5-7-15)18(22)20-12-13-23-17-10-8-16(19)9-11-17/h3-11H,2,12-14H2,1H3,(H,20,22). The Kier molecular flexibility index (Phi) is 6.76. The fourth-order valence-corrected chi connectivity index (χ4v) is 2.23. The van der Waals surface area contributed by atoms with E-state index in [9.17, 15) is 4.79 Å². The molecule has 0 spiro atoms. The van der Waals surface area contributed by atoms with Crippen molar-refractivity contribution in [3.8, 4) is 5.75 Å². The molecule has 122 valence electrons. The lowest BCUT2D eigenvalue weighted by molar-refractivity contribution is 0.195. The van der Waals surface area contributed by atoms with Crippen LogP contribution in [0.4, 0.5) is 4.79 Å². The Bertz CT molecular complexity index is 602. The average Bonchev–Trinajstić information content (AvgIpc) is 2.59. The summed E-state index contributed by atoms with van der Waals surface area (Å²) < 4.78 is 5.55. The molecule has 0 aliphatic carbocycles. The quantitative estimate of drug-likeness (QED) is 0.780. The summed E-state index contributed by atoms with van der Waals surface area (Å²) in [5.41, 5.74) is 1.11. The molecule has 0 bridgehead atoms. The first kappa shape index (κ1) is 17.2. The third-order valence-corrected chi connectivity index (χ3v) is 3.60. The van der Waals surface area contributed by atoms with Crippen molar-refractivity contribution in [1.82, 2.24) is 10.2 Å². The Hall–Kier alpha value is -2.20. The number of carbonyl (C=O) groups excluding carboxylic acids is 1. The van der Waals surface area contributed by atoms with Crippen LogP contribution < -0.4 is 10.1 Å². The van der Waals surface area contributed by atoms with Gasteiger partial charge in [-0.05, 0) is 36.8 Å². The first-order valence-electron chi connectivity index (χ1n) is 7.64. The SMILES string of the molecule is CCN(Cc1ccccc1)C(=O)NCCOc1ccc(Cl)cc1. The summed E-state index contributed by atoms with van der Waals surface area (Å²) in [6.45, 7) is 4.08. The van der Waals surface area contributed by atoms with Crippen LogP contribution in [0.1, 0.15) is 12.5 Å². The van der Waals surface area contributed by atoms with Gasteiger partial charge in [0.15, 0.2) is 0 Å². The monoisotopic (exact) mass is 332 g/mol. The number of benzene rings is 2. The molecule has 0 saturated heterocycles. The zero-order valence-corrected chi connectivity index (χ0v) is 13.9. The van der Waals surface area contributed by atoms with Crippen LogP contribution in [0.2, 0.25) is 5.02 Å². The molecule has 0 aromatic heterocycles. The number of carbonyl (C=O) groups is 1. The zero-order valence-electron chi connectivity index (χ0n) is 13.2. The van der Waals surface area contributed by atoms with Gasteiger partial charge in [-0.3, -0.25) is 0 Å². The Morgan fingerprint density at radius 3 is 2.48 bits per heavy atom. The highest BCUT2D eigenvalue weighted by atomic mass is 35.5. The molecule has 0 radical (unpaired) electrons. The summed E-state index contributed by atoms with van der Waals surface area (Å²) in [6, 6.07) is 17.0. The smallest absolute Gasteiger partial charge is 0.317 e. The number of amides is 2. The predicted octanol–water partition coefficient (Wildman–Crippen LogP) is 3.95. The normalized spacial score (nSPS) is 10.2. The molecular weight excluding hydrogens is 312 g/mol. The van der Waals surface area contributed by atoms with E-state index < -0.39 is 0 Å². The number of hydrogen-bond donors (Lipinski definition) is 1. The van der Waals surface area contributed by atoms with E-state index in [1.54, 1.807) is 29.2 Å². The minimum atomic E-state index is -0.0870. The zero-order chi connectivity index (χ0) is 16.5. The highest BCUT2D eigenvalue weighted by molar-refractivity contribution is 6.30. The fourth-order valence-electron chi connectivity index (χ4n) is 2.10. The maximum absolute atomic E-state index is 12.2. The molecular formula is C18H21ClN2O2. The van der Waals surface area contributed by atoms with Crippen molar-refractivity contribution in [2.75, 3.05) is 19.7 Å². The van der Waals surface area contributed by atoms with Gasteiger partial charge in [-0.25, -0.2) is 4.79 Å². The van der Waals surface area contributed by atoms with Crippen molar-refractivity contribution in [2.24, 2.45) is 0 Å². The molecule has 2 aromatic rings. The molecule has 0 fully saturated rings. The van der Waals surface area contributed by atoms with Crippen LogP contribution in [0.5, 0.6) is 5.75 Å². The lowest BCUT2D eigenvalue weighted by Crippen LogP contribution is -2.40. The van der Waals surface area contributed by atoms with Gasteiger partial charge < -0.3 is 15.0 Å². The first-order chi connectivity index (χ1) is 11.2. The second kappa shape index (κ2) is 9.06. The summed E-state index contributed by atoms with van der Waals surface area (Å²) in [5.74, 6) is 0.736. The van der Waals surface area contributed by atoms with E-state index in [1.807, 2.05) is 37.3 Å². The van der Waals surface area contributed by atoms with E-state index in [0.717, 1.165) is 11.3 Å². The third-order valence-electron chi connectivity index (χ3n) is 3.35. The van der Waals surface area contributed by atoms with E-state index in [4.69, 9.17) is 16.3 Å². The molecule has 2 rings (SSSR count). The molecule has 0 atom stereocenters. The summed E-state index contributed by atoms with van der Waals surface area (Å²) >= 11 is 5.81. The molecule has 0 aliphatic heterocycles. The molecule has 23 heavy (non-hydrogen) atoms. The second-order valence-corrected chi connectivity index (χ2v) is 5.47. The maximum Gasteiger partial charge on any atom is 0.317 e. The van der Waals surface area contributed by atoms with Gasteiger partial charge in [0.1, 0.15) is 12.4 Å². The van der Waals surface area contributed by atoms with Crippen LogP contribution in [0.3, 0.4) is 0 Å². The molecule has 0 heterocycles. The largest absolute Gasteiger partial charge is 0.492 e. The van der Waals surface area contributed by atoms with Gasteiger partial charge in [-0.1, -0.05) is 41.9 Å². The number of ether oxygens (including phenoxy) is 1. The first-order valence-corrected chi connectivity index (χ1v) is 8.02. The van der Waals surface area contributed by atoms with Crippen molar-refractivity contribution in [2.45, 2.75) is 13.5 Å². The lowest BCUT2D eigenvalue weighted by atomic mass is 10.2. The summed E-state index contributed by atoms with van der Waals surface area (Å²) in [6.07, 6.45) is 0. The van der Waals surface area contributed by atoms with E-state index in [2.05, 4.69) is 5.32 Å². The van der Waals surface area contributed by atoms with Gasteiger partial charge in [-0.2, -0.15) is 0 Å². The van der Waals surface area contributed by atoms with Gasteiger partial charge >= 0.3 is 6.03 Å². The van der Waals surface area contributed by atoms with Crippen LogP contribution in [0.15, 0.2) is 54.6 Å². The molecule has 2 amide bonds. The van der Waals surface area contributed by atoms with Crippen molar-refractivity contribution >= 4 is 17.6 Å². The number of halogens is 1. The number of rotatable bonds is 7. The summed E-state index contributed by atoms with van der Waals surface area (Å²) in [5, 5.41) is 3.54. The van der Waals surface area contributed by atoms with Crippen molar-refractivity contribution in [3.63, 3.8) is 0 Å². The van der Waals surface area contributed by atoms with E-state index in [0.29, 0.717) is 31.3 Å². The van der Waals surface area contributed by atoms with E-state index in [1.165, 1.54) is 0 Å². The number of hydrogen-bond acceptors (Lipinski definition) is 2. The van der Waals surface area contributed by atoms with Gasteiger partial charge in [-0.15, -0.1) is 0 Å². The summed E-state index contributed by atoms with van der Waals surface area (Å²) in [4.78, 5) is 13.9. The number of urea groups is 1. The molecule has 1 N–H and O–H groups in total. The van der Waals surface area contributed by atoms with Crippen LogP contribution in [0, 0.1) is 0 Å². The average molecular weight is 333 g/mol. The van der Waals surface area contributed by atoms with Crippen LogP contribution >= 0.6 is 11.6 Å². The Balaban J connectivity index is 1.73. The van der Waals surface area contributed by atoms with Gasteiger partial charge in [0, 0.05) is 18.1 Å². The minimum Gasteiger partial charge on any atom is -0.492 e. The highest BCUT2D eigenvalue weighted by Gasteiger charge is 2.11. The second-order valence-electron chi connectivity index (χ2n) is 5.03. The van der Waals surface area contributed by atoms with Gasteiger partial charge in [0.2, 0.25) is 0 Å². The molecule has 5 heteroatoms. The number of nitrogens with zero attached hydrogens (tertiary/aromatic N) is 1. The van der Waals surface area contributed by atoms with Crippen molar-refractivity contribution in [3.05, 3.63) is 65.2 Å². The Morgan fingerprint density at radius 2 is 1.83 bits per heavy atom. The lowest BCUT2D eigenvalue weighted by Gasteiger charge is -2.21. The molecule has 0 aliphatic rings. The van der Waals surface area contributed by atoms with Gasteiger partial charge in [0.05, 0.1) is 6.54 Å². The number of nitrogens with one attached hydrogen (secondary N) is 1. The van der Waals surface area contributed by atoms with Crippen molar-refractivity contribution < 1.29 is 9.53 Å². The predicted molar refractivity (Wildman–Crippen MR) is 92.9 cm³/mol. The fraction of sp³-hybridized carbons (Fsp3) is 0.278. The van der Waals surface area contributed by atoms with Crippen LogP contribution in [0.25, 0.3) is 0 Å². The van der Waals surface area contributed by atoms with Crippen LogP contribution in [-0.4, -0.2) is 30.6 Å². The minimum absolute atomic E-state index is 0.0870. The molecule has 2 aromatic carbocycles. The maximum atomic E-state index is 12.2. The van der Waals surface area contributed by atoms with Crippen LogP contribution in [-0.2, 0) is 6.54 Å². The molecule has 0 saturated carbocycles. The highest BCUT2D eigenvalue weighted by Crippen LogP contribution is 2.15. The van der Waals surface area contributed by atoms with E-state index in [-0.39, 0.29) is 6.03 Å². The topological polar surface area (TPSA) is 41.6 Å². The summed E-state index contributed by atoms with van der Waals surface area (Å²) in [7, 11) is 0. The Morgan fingerprint density at radius 1 is 1.13 bits per heavy atom. The van der Waals surface area contributed by atoms with Crippen molar-refractivity contribution in [1.29, 1.82) is 0 Å². The Labute approximate surface area is 142 Å². The van der Waals surface area contributed by atoms with E-state index >= 15 is 0 Å².